The molecule has 0 aliphatic heterocycles. The molecule has 1 N–H and O–H groups in total. The first-order valence-corrected chi connectivity index (χ1v) is 10.4. The van der Waals surface area contributed by atoms with Gasteiger partial charge in [-0.3, -0.25) is 4.55 Å². The second kappa shape index (κ2) is 9.17. The smallest absolute Gasteiger partial charge is 0.372 e. The van der Waals surface area contributed by atoms with Crippen LogP contribution in [0.4, 0.5) is 16.5 Å². The van der Waals surface area contributed by atoms with Crippen molar-refractivity contribution in [1.29, 1.82) is 0 Å². The van der Waals surface area contributed by atoms with Crippen LogP contribution in [0.25, 0.3) is 0 Å². The predicted octanol–water partition coefficient (Wildman–Crippen LogP) is 3.33. The van der Waals surface area contributed by atoms with Crippen LogP contribution in [0.2, 0.25) is 0 Å². The van der Waals surface area contributed by atoms with Crippen molar-refractivity contribution in [2.45, 2.75) is 20.3 Å². The van der Waals surface area contributed by atoms with E-state index < -0.39 is 10.4 Å². The summed E-state index contributed by atoms with van der Waals surface area (Å²) in [5, 5.41) is 11.4. The molecule has 0 spiro atoms. The van der Waals surface area contributed by atoms with Gasteiger partial charge in [0.15, 0.2) is 0 Å². The molecule has 0 radical (unpaired) electrons. The molecule has 0 saturated heterocycles. The van der Waals surface area contributed by atoms with Gasteiger partial charge in [-0.2, -0.15) is 8.42 Å². The van der Waals surface area contributed by atoms with Gasteiger partial charge in [0.25, 0.3) is 0 Å². The molecular formula is C16H23N4O4S2+. The number of hydrogen-bond acceptors (Lipinski definition) is 7. The van der Waals surface area contributed by atoms with Gasteiger partial charge in [0.1, 0.15) is 11.9 Å². The van der Waals surface area contributed by atoms with Crippen molar-refractivity contribution in [3.8, 4) is 0 Å². The van der Waals surface area contributed by atoms with E-state index in [9.17, 15) is 8.42 Å². The Morgan fingerprint density at radius 3 is 2.69 bits per heavy atom. The summed E-state index contributed by atoms with van der Waals surface area (Å²) in [6, 6.07) is 5.90. The number of rotatable bonds is 9. The van der Waals surface area contributed by atoms with Crippen LogP contribution in [-0.2, 0) is 21.6 Å². The molecule has 1 heterocycles. The molecule has 0 bridgehead atoms. The van der Waals surface area contributed by atoms with Crippen LogP contribution in [0.15, 0.2) is 40.0 Å². The molecule has 0 aliphatic carbocycles. The summed E-state index contributed by atoms with van der Waals surface area (Å²) in [5.41, 5.74) is 2.81. The monoisotopic (exact) mass is 399 g/mol. The average molecular weight is 400 g/mol. The highest BCUT2D eigenvalue weighted by Gasteiger charge is 2.11. The molecule has 8 nitrogen and oxygen atoms in total. The van der Waals surface area contributed by atoms with Gasteiger partial charge in [-0.15, -0.1) is 0 Å². The number of benzene rings is 1. The molecule has 0 fully saturated rings. The molecule has 0 amide bonds. The van der Waals surface area contributed by atoms with Gasteiger partial charge < -0.3 is 4.90 Å². The number of azo groups is 1. The fourth-order valence-electron chi connectivity index (χ4n) is 2.36. The van der Waals surface area contributed by atoms with Crippen molar-refractivity contribution in [3.05, 3.63) is 35.3 Å². The second-order valence-corrected chi connectivity index (χ2v) is 7.61. The van der Waals surface area contributed by atoms with Crippen LogP contribution >= 0.6 is 11.3 Å². The minimum atomic E-state index is -4.38. The van der Waals surface area contributed by atoms with Crippen LogP contribution in [0, 0.1) is 6.92 Å². The molecule has 26 heavy (non-hydrogen) atoms. The topological polar surface area (TPSA) is 95.4 Å². The highest BCUT2D eigenvalue weighted by molar-refractivity contribution is 7.80. The summed E-state index contributed by atoms with van der Waals surface area (Å²) < 4.78 is 36.0. The molecule has 0 aliphatic rings. The van der Waals surface area contributed by atoms with E-state index in [1.165, 1.54) is 11.3 Å². The third kappa shape index (κ3) is 6.13. The summed E-state index contributed by atoms with van der Waals surface area (Å²) >= 11 is 1.52. The van der Waals surface area contributed by atoms with Crippen molar-refractivity contribution in [2.24, 2.45) is 17.3 Å². The lowest BCUT2D eigenvalue weighted by Crippen LogP contribution is -2.25. The number of hydrogen-bond donors (Lipinski definition) is 1. The van der Waals surface area contributed by atoms with E-state index in [0.29, 0.717) is 13.0 Å². The SMILES string of the molecule is CCN(CCCOS(=O)(=O)O)c1ccc(N=Nc2scc[n+]2C)c(C)c1. The lowest BCUT2D eigenvalue weighted by atomic mass is 10.1. The van der Waals surface area contributed by atoms with Crippen molar-refractivity contribution < 1.29 is 21.7 Å². The Kier molecular flexibility index (Phi) is 7.21. The summed E-state index contributed by atoms with van der Waals surface area (Å²) in [5.74, 6) is 0. The van der Waals surface area contributed by atoms with E-state index >= 15 is 0 Å². The van der Waals surface area contributed by atoms with Gasteiger partial charge in [-0.1, -0.05) is 0 Å². The first kappa shape index (κ1) is 20.4. The summed E-state index contributed by atoms with van der Waals surface area (Å²) in [6.07, 6.45) is 2.41. The average Bonchev–Trinajstić information content (AvgIpc) is 2.98. The Bertz CT molecular complexity index is 865. The largest absolute Gasteiger partial charge is 0.408 e. The van der Waals surface area contributed by atoms with Crippen molar-refractivity contribution in [2.75, 3.05) is 24.6 Å². The fourth-order valence-corrected chi connectivity index (χ4v) is 3.37. The van der Waals surface area contributed by atoms with E-state index in [1.54, 1.807) is 0 Å². The number of thiazole rings is 1. The third-order valence-electron chi connectivity index (χ3n) is 3.73. The lowest BCUT2D eigenvalue weighted by molar-refractivity contribution is -0.654. The molecule has 2 aromatic rings. The number of nitrogens with zero attached hydrogens (tertiary/aromatic N) is 4. The van der Waals surface area contributed by atoms with Gasteiger partial charge in [0.2, 0.25) is 0 Å². The maximum Gasteiger partial charge on any atom is 0.408 e. The number of aryl methyl sites for hydroxylation is 2. The zero-order chi connectivity index (χ0) is 19.2. The molecule has 142 valence electrons. The standard InChI is InChI=1S/C16H22N4O4S2/c1-4-20(8-5-10-24-26(21,22)23)14-6-7-15(13(2)12-14)17-18-16-19(3)9-11-25-16/h6-7,9,11-12H,4-5,8,10H2,1-3H3/p+1. The number of aromatic nitrogens is 1. The minimum absolute atomic E-state index is 0.0571. The van der Waals surface area contributed by atoms with Crippen LogP contribution in [-0.4, -0.2) is 32.7 Å². The molecule has 0 atom stereocenters. The van der Waals surface area contributed by atoms with Crippen LogP contribution < -0.4 is 9.47 Å². The quantitative estimate of drug-likeness (QED) is 0.302. The zero-order valence-corrected chi connectivity index (χ0v) is 16.6. The van der Waals surface area contributed by atoms with Gasteiger partial charge in [0, 0.05) is 24.2 Å². The van der Waals surface area contributed by atoms with E-state index in [-0.39, 0.29) is 6.61 Å². The van der Waals surface area contributed by atoms with Gasteiger partial charge in [-0.05, 0) is 60.5 Å². The van der Waals surface area contributed by atoms with Crippen LogP contribution in [0.1, 0.15) is 18.9 Å². The predicted molar refractivity (Wildman–Crippen MR) is 101 cm³/mol. The summed E-state index contributed by atoms with van der Waals surface area (Å²) in [6.45, 7) is 5.30. The highest BCUT2D eigenvalue weighted by atomic mass is 32.3. The third-order valence-corrected chi connectivity index (χ3v) is 5.04. The van der Waals surface area contributed by atoms with Crippen LogP contribution in [0.5, 0.6) is 0 Å². The maximum atomic E-state index is 10.6. The fraction of sp³-hybridized carbons (Fsp3) is 0.438. The van der Waals surface area contributed by atoms with E-state index in [0.717, 1.165) is 28.6 Å². The molecule has 10 heteroatoms. The van der Waals surface area contributed by atoms with Gasteiger partial charge in [0.05, 0.1) is 18.8 Å². The molecule has 0 unspecified atom stereocenters. The van der Waals surface area contributed by atoms with E-state index in [4.69, 9.17) is 4.55 Å². The van der Waals surface area contributed by atoms with Gasteiger partial charge >= 0.3 is 15.5 Å². The molecule has 1 aromatic carbocycles. The second-order valence-electron chi connectivity index (χ2n) is 5.65. The summed E-state index contributed by atoms with van der Waals surface area (Å²) in [7, 11) is -2.45. The van der Waals surface area contributed by atoms with Crippen molar-refractivity contribution >= 4 is 38.2 Å². The maximum absolute atomic E-state index is 10.6. The van der Waals surface area contributed by atoms with Crippen molar-refractivity contribution in [3.63, 3.8) is 0 Å². The highest BCUT2D eigenvalue weighted by Crippen LogP contribution is 2.27. The van der Waals surface area contributed by atoms with E-state index in [1.807, 2.05) is 55.2 Å². The first-order valence-electron chi connectivity index (χ1n) is 8.12. The first-order chi connectivity index (χ1) is 12.3. The zero-order valence-electron chi connectivity index (χ0n) is 15.0. The Hall–Kier alpha value is -1.88. The normalized spacial score (nSPS) is 12.0. The lowest BCUT2D eigenvalue weighted by Gasteiger charge is -2.23. The molecule has 0 saturated carbocycles. The molecular weight excluding hydrogens is 376 g/mol. The van der Waals surface area contributed by atoms with E-state index in [2.05, 4.69) is 19.3 Å². The minimum Gasteiger partial charge on any atom is -0.372 e. The van der Waals surface area contributed by atoms with Crippen molar-refractivity contribution in [1.82, 2.24) is 0 Å². The summed E-state index contributed by atoms with van der Waals surface area (Å²) in [4.78, 5) is 2.10. The molecule has 1 aromatic heterocycles. The number of anilines is 1. The Labute approximate surface area is 157 Å². The van der Waals surface area contributed by atoms with Crippen LogP contribution in [0.3, 0.4) is 0 Å². The molecule has 2 rings (SSSR count). The van der Waals surface area contributed by atoms with Gasteiger partial charge in [-0.25, -0.2) is 8.75 Å². The Morgan fingerprint density at radius 2 is 2.12 bits per heavy atom. The Balaban J connectivity index is 2.02. The Morgan fingerprint density at radius 1 is 1.35 bits per heavy atom.